The number of rotatable bonds is 5. The first-order chi connectivity index (χ1) is 14.5. The Morgan fingerprint density at radius 1 is 1.30 bits per heavy atom. The quantitative estimate of drug-likeness (QED) is 0.574. The molecule has 0 fully saturated rings. The molecule has 0 bridgehead atoms. The summed E-state index contributed by atoms with van der Waals surface area (Å²) >= 11 is 0. The van der Waals surface area contributed by atoms with Crippen molar-refractivity contribution >= 4 is 5.97 Å². The lowest BCUT2D eigenvalue weighted by Crippen LogP contribution is -2.06. The fourth-order valence-electron chi connectivity index (χ4n) is 3.71. The fraction of sp³-hybridized carbons (Fsp3) is 0.304. The predicted octanol–water partition coefficient (Wildman–Crippen LogP) is 4.61. The van der Waals surface area contributed by atoms with Gasteiger partial charge in [0.1, 0.15) is 17.9 Å². The van der Waals surface area contributed by atoms with Gasteiger partial charge in [0.2, 0.25) is 5.82 Å². The van der Waals surface area contributed by atoms with E-state index < -0.39 is 0 Å². The Hall–Kier alpha value is -3.66. The van der Waals surface area contributed by atoms with Crippen LogP contribution in [0.4, 0.5) is 0 Å². The Morgan fingerprint density at radius 2 is 2.13 bits per heavy atom. The molecule has 1 unspecified atom stereocenters. The Morgan fingerprint density at radius 3 is 2.87 bits per heavy atom. The van der Waals surface area contributed by atoms with Crippen molar-refractivity contribution in [3.63, 3.8) is 0 Å². The van der Waals surface area contributed by atoms with Crippen molar-refractivity contribution in [1.29, 1.82) is 5.26 Å². The van der Waals surface area contributed by atoms with E-state index in [-0.39, 0.29) is 18.2 Å². The molecule has 7 nitrogen and oxygen atoms in total. The normalized spacial score (nSPS) is 15.0. The zero-order valence-electron chi connectivity index (χ0n) is 17.0. The molecule has 1 aromatic heterocycles. The Kier molecular flexibility index (Phi) is 5.23. The summed E-state index contributed by atoms with van der Waals surface area (Å²) in [5.41, 5.74) is 3.96. The number of fused-ring (bicyclic) bond motifs is 1. The average Bonchev–Trinajstić information content (AvgIpc) is 3.35. The minimum absolute atomic E-state index is 0.0334. The molecule has 0 spiro atoms. The van der Waals surface area contributed by atoms with Gasteiger partial charge in [0, 0.05) is 18.1 Å². The number of hydrogen-bond acceptors (Lipinski definition) is 7. The van der Waals surface area contributed by atoms with Gasteiger partial charge in [0.15, 0.2) is 0 Å². The van der Waals surface area contributed by atoms with Crippen LogP contribution in [0.2, 0.25) is 0 Å². The van der Waals surface area contributed by atoms with Crippen molar-refractivity contribution in [2.45, 2.75) is 45.8 Å². The lowest BCUT2D eigenvalue weighted by molar-refractivity contribution is -0.146. The maximum absolute atomic E-state index is 11.4. The molecule has 1 aliphatic carbocycles. The average molecular weight is 403 g/mol. The van der Waals surface area contributed by atoms with Crippen LogP contribution in [0.1, 0.15) is 50.0 Å². The topological polar surface area (TPSA) is 98.2 Å². The van der Waals surface area contributed by atoms with Crippen LogP contribution in [0, 0.1) is 11.3 Å². The highest BCUT2D eigenvalue weighted by Gasteiger charge is 2.28. The summed E-state index contributed by atoms with van der Waals surface area (Å²) in [6.45, 7) is 5.23. The summed E-state index contributed by atoms with van der Waals surface area (Å²) < 4.78 is 16.6. The van der Waals surface area contributed by atoms with Crippen molar-refractivity contribution in [3.05, 3.63) is 53.1 Å². The maximum Gasteiger partial charge on any atom is 0.303 e. The number of carbonyl (C=O) groups is 1. The van der Waals surface area contributed by atoms with Crippen LogP contribution in [0.5, 0.6) is 5.75 Å². The van der Waals surface area contributed by atoms with E-state index in [1.165, 1.54) is 6.92 Å². The summed E-state index contributed by atoms with van der Waals surface area (Å²) in [4.78, 5) is 15.9. The molecule has 0 radical (unpaired) electrons. The van der Waals surface area contributed by atoms with Crippen molar-refractivity contribution in [2.24, 2.45) is 0 Å². The number of aromatic nitrogens is 2. The van der Waals surface area contributed by atoms with Crippen LogP contribution in [0.25, 0.3) is 22.8 Å². The number of nitriles is 1. The van der Waals surface area contributed by atoms with E-state index in [1.54, 1.807) is 18.2 Å². The van der Waals surface area contributed by atoms with Crippen LogP contribution < -0.4 is 4.74 Å². The van der Waals surface area contributed by atoms with E-state index in [1.807, 2.05) is 32.0 Å². The van der Waals surface area contributed by atoms with E-state index in [2.05, 4.69) is 16.2 Å². The van der Waals surface area contributed by atoms with E-state index in [4.69, 9.17) is 14.0 Å². The molecule has 152 valence electrons. The van der Waals surface area contributed by atoms with E-state index in [0.717, 1.165) is 29.5 Å². The number of esters is 1. The summed E-state index contributed by atoms with van der Waals surface area (Å²) in [6.07, 6.45) is 1.23. The van der Waals surface area contributed by atoms with Gasteiger partial charge in [-0.25, -0.2) is 0 Å². The smallest absolute Gasteiger partial charge is 0.303 e. The summed E-state index contributed by atoms with van der Waals surface area (Å²) in [6, 6.07) is 13.2. The lowest BCUT2D eigenvalue weighted by atomic mass is 10.0. The second-order valence-corrected chi connectivity index (χ2v) is 7.42. The van der Waals surface area contributed by atoms with E-state index in [9.17, 15) is 10.1 Å². The van der Waals surface area contributed by atoms with Crippen LogP contribution in [-0.4, -0.2) is 22.2 Å². The minimum Gasteiger partial charge on any atom is -0.490 e. The molecule has 0 saturated carbocycles. The first-order valence-electron chi connectivity index (χ1n) is 9.80. The maximum atomic E-state index is 11.4. The molecule has 7 heteroatoms. The molecule has 0 N–H and O–H groups in total. The van der Waals surface area contributed by atoms with Crippen molar-refractivity contribution in [1.82, 2.24) is 10.1 Å². The van der Waals surface area contributed by atoms with Gasteiger partial charge in [0.25, 0.3) is 5.89 Å². The highest BCUT2D eigenvalue weighted by atomic mass is 16.5. The minimum atomic E-state index is -0.293. The monoisotopic (exact) mass is 403 g/mol. The number of benzene rings is 2. The van der Waals surface area contributed by atoms with E-state index >= 15 is 0 Å². The zero-order valence-corrected chi connectivity index (χ0v) is 17.0. The first-order valence-corrected chi connectivity index (χ1v) is 9.80. The van der Waals surface area contributed by atoms with Gasteiger partial charge >= 0.3 is 5.97 Å². The molecule has 0 aliphatic heterocycles. The molecular weight excluding hydrogens is 382 g/mol. The molecule has 1 heterocycles. The Labute approximate surface area is 174 Å². The van der Waals surface area contributed by atoms with Crippen LogP contribution in [0.15, 0.2) is 40.9 Å². The third-order valence-corrected chi connectivity index (χ3v) is 4.90. The molecule has 3 aromatic rings. The number of ether oxygens (including phenoxy) is 2. The summed E-state index contributed by atoms with van der Waals surface area (Å²) in [7, 11) is 0. The third kappa shape index (κ3) is 3.77. The first kappa shape index (κ1) is 19.6. The fourth-order valence-corrected chi connectivity index (χ4v) is 3.71. The standard InChI is InChI=1S/C23H21N3O4/c1-13(2)28-20-9-7-15(11-16(20)12-24)23-25-22(26-30-23)19-6-4-5-18-17(19)8-10-21(18)29-14(3)27/h4-7,9,11,13,21H,8,10H2,1-3H3. The van der Waals surface area contributed by atoms with Crippen LogP contribution in [-0.2, 0) is 16.0 Å². The highest BCUT2D eigenvalue weighted by molar-refractivity contribution is 5.69. The van der Waals surface area contributed by atoms with Gasteiger partial charge < -0.3 is 14.0 Å². The number of carbonyl (C=O) groups excluding carboxylic acids is 1. The molecular formula is C23H21N3O4. The van der Waals surface area contributed by atoms with Crippen molar-refractivity contribution in [2.75, 3.05) is 0 Å². The molecule has 4 rings (SSSR count). The summed E-state index contributed by atoms with van der Waals surface area (Å²) in [5.74, 6) is 1.02. The van der Waals surface area contributed by atoms with Gasteiger partial charge in [-0.05, 0) is 56.0 Å². The van der Waals surface area contributed by atoms with E-state index in [0.29, 0.717) is 28.6 Å². The Balaban J connectivity index is 1.66. The second kappa shape index (κ2) is 7.99. The predicted molar refractivity (Wildman–Crippen MR) is 108 cm³/mol. The molecule has 2 aromatic carbocycles. The second-order valence-electron chi connectivity index (χ2n) is 7.42. The molecule has 0 amide bonds. The van der Waals surface area contributed by atoms with Crippen LogP contribution >= 0.6 is 0 Å². The van der Waals surface area contributed by atoms with Gasteiger partial charge in [-0.15, -0.1) is 0 Å². The molecule has 0 saturated heterocycles. The van der Waals surface area contributed by atoms with Gasteiger partial charge in [-0.1, -0.05) is 23.4 Å². The van der Waals surface area contributed by atoms with Gasteiger partial charge in [-0.2, -0.15) is 10.2 Å². The van der Waals surface area contributed by atoms with Crippen LogP contribution in [0.3, 0.4) is 0 Å². The zero-order chi connectivity index (χ0) is 21.3. The van der Waals surface area contributed by atoms with Crippen molar-refractivity contribution < 1.29 is 18.8 Å². The summed E-state index contributed by atoms with van der Waals surface area (Å²) in [5, 5.41) is 13.6. The third-order valence-electron chi connectivity index (χ3n) is 4.90. The largest absolute Gasteiger partial charge is 0.490 e. The molecule has 30 heavy (non-hydrogen) atoms. The molecule has 1 atom stereocenters. The Bertz CT molecular complexity index is 1140. The molecule has 1 aliphatic rings. The number of nitrogens with zero attached hydrogens (tertiary/aromatic N) is 3. The van der Waals surface area contributed by atoms with Gasteiger partial charge in [0.05, 0.1) is 11.7 Å². The highest BCUT2D eigenvalue weighted by Crippen LogP contribution is 2.39. The van der Waals surface area contributed by atoms with Gasteiger partial charge in [-0.3, -0.25) is 4.79 Å². The lowest BCUT2D eigenvalue weighted by Gasteiger charge is -2.12. The SMILES string of the molecule is CC(=O)OC1CCc2c(-c3noc(-c4ccc(OC(C)C)c(C#N)c4)n3)cccc21. The number of hydrogen-bond donors (Lipinski definition) is 0. The van der Waals surface area contributed by atoms with Crippen molar-refractivity contribution in [3.8, 4) is 34.7 Å².